The number of nitrogens with one attached hydrogen (secondary N) is 2. The number of amides is 2. The molecular formula is C55H89N5O3Si. The molecule has 2 N–H and O–H groups in total. The molecule has 9 heteroatoms. The molecular weight excluding hydrogens is 807 g/mol. The molecule has 2 aromatic carbocycles. The maximum Gasteiger partial charge on any atom is 0.261 e. The van der Waals surface area contributed by atoms with Crippen LogP contribution in [0.3, 0.4) is 0 Å². The smallest absolute Gasteiger partial charge is 0.261 e. The highest BCUT2D eigenvalue weighted by Crippen LogP contribution is 2.68. The van der Waals surface area contributed by atoms with Gasteiger partial charge in [0.25, 0.3) is 8.32 Å². The van der Waals surface area contributed by atoms with Gasteiger partial charge in [0.05, 0.1) is 6.04 Å². The molecule has 0 bridgehead atoms. The van der Waals surface area contributed by atoms with Crippen molar-refractivity contribution in [2.75, 3.05) is 60.9 Å². The van der Waals surface area contributed by atoms with E-state index in [2.05, 4.69) is 156 Å². The Kier molecular flexibility index (Phi) is 16.0. The molecule has 1 saturated heterocycles. The van der Waals surface area contributed by atoms with Gasteiger partial charge in [-0.1, -0.05) is 102 Å². The minimum Gasteiger partial charge on any atom is -0.404 e. The topological polar surface area (TPSA) is 77.2 Å². The third-order valence-corrected chi connectivity index (χ3v) is 23.2. The summed E-state index contributed by atoms with van der Waals surface area (Å²) in [5.74, 6) is 4.76. The third kappa shape index (κ3) is 10.4. The highest BCUT2D eigenvalue weighted by molar-refractivity contribution is 6.99. The fourth-order valence-electron chi connectivity index (χ4n) is 14.8. The van der Waals surface area contributed by atoms with Gasteiger partial charge < -0.3 is 29.8 Å². The minimum atomic E-state index is -2.59. The Hall–Kier alpha value is -2.56. The Labute approximate surface area is 390 Å². The Morgan fingerprint density at radius 2 is 1.38 bits per heavy atom. The second-order valence-electron chi connectivity index (χ2n) is 23.7. The van der Waals surface area contributed by atoms with Crippen LogP contribution in [0, 0.1) is 46.3 Å². The summed E-state index contributed by atoms with van der Waals surface area (Å²) in [4.78, 5) is 33.6. The fraction of sp³-hybridized carbons (Fsp3) is 0.745. The number of carbonyl (C=O) groups excluding carboxylic acids is 2. The summed E-state index contributed by atoms with van der Waals surface area (Å²) in [5, 5.41) is 9.62. The molecule has 1 aliphatic heterocycles. The molecule has 11 atom stereocenters. The summed E-state index contributed by atoms with van der Waals surface area (Å²) < 4.78 is 7.80. The number of hydrogen-bond acceptors (Lipinski definition) is 6. The summed E-state index contributed by atoms with van der Waals surface area (Å²) in [6.07, 6.45) is 16.2. The molecule has 8 nitrogen and oxygen atoms in total. The second-order valence-corrected chi connectivity index (χ2v) is 27.9. The SMILES string of the molecule is C[C@H](CCC(=O)NC1CN[C@H](C(=O)N(CCCN(C)C)CCCN(C)C)C1)[C@H]1CCC2C3CCC4C[C@@H](O[Si](c5ccccc5)(c5ccccc5)C(C)(C)C)CC[C@]4(C)C3CC[C@@]21C. The van der Waals surface area contributed by atoms with E-state index in [1.165, 1.54) is 68.2 Å². The van der Waals surface area contributed by atoms with E-state index in [1.807, 2.05) is 0 Å². The van der Waals surface area contributed by atoms with Crippen molar-refractivity contribution in [3.63, 3.8) is 0 Å². The Morgan fingerprint density at radius 3 is 1.97 bits per heavy atom. The van der Waals surface area contributed by atoms with Gasteiger partial charge in [0, 0.05) is 38.2 Å². The number of carbonyl (C=O) groups is 2. The van der Waals surface area contributed by atoms with Gasteiger partial charge in [-0.2, -0.15) is 0 Å². The van der Waals surface area contributed by atoms with Crippen molar-refractivity contribution in [1.29, 1.82) is 0 Å². The molecule has 1 heterocycles. The molecule has 4 aliphatic carbocycles. The number of fused-ring (bicyclic) bond motifs is 5. The second kappa shape index (κ2) is 20.8. The first-order valence-electron chi connectivity index (χ1n) is 25.9. The Bertz CT molecular complexity index is 1770. The van der Waals surface area contributed by atoms with Crippen LogP contribution in [0.4, 0.5) is 0 Å². The van der Waals surface area contributed by atoms with Crippen LogP contribution < -0.4 is 21.0 Å². The molecule has 5 unspecified atom stereocenters. The van der Waals surface area contributed by atoms with Crippen molar-refractivity contribution in [2.45, 2.75) is 155 Å². The van der Waals surface area contributed by atoms with Gasteiger partial charge in [-0.3, -0.25) is 9.59 Å². The lowest BCUT2D eigenvalue weighted by Gasteiger charge is -2.62. The quantitative estimate of drug-likeness (QED) is 0.146. The van der Waals surface area contributed by atoms with Crippen molar-refractivity contribution >= 4 is 30.5 Å². The largest absolute Gasteiger partial charge is 0.404 e. The van der Waals surface area contributed by atoms with Gasteiger partial charge in [-0.15, -0.1) is 0 Å². The van der Waals surface area contributed by atoms with Crippen LogP contribution in [-0.2, 0) is 14.0 Å². The zero-order chi connectivity index (χ0) is 45.9. The van der Waals surface area contributed by atoms with Crippen LogP contribution in [0.1, 0.15) is 131 Å². The van der Waals surface area contributed by atoms with Crippen molar-refractivity contribution < 1.29 is 14.0 Å². The fourth-order valence-corrected chi connectivity index (χ4v) is 19.6. The maximum absolute atomic E-state index is 13.7. The average molecular weight is 896 g/mol. The number of benzene rings is 2. The van der Waals surface area contributed by atoms with Gasteiger partial charge in [-0.05, 0) is 187 Å². The van der Waals surface area contributed by atoms with E-state index in [-0.39, 0.29) is 28.9 Å². The molecule has 0 radical (unpaired) electrons. The van der Waals surface area contributed by atoms with Crippen LogP contribution in [0.5, 0.6) is 0 Å². The van der Waals surface area contributed by atoms with Crippen molar-refractivity contribution in [2.24, 2.45) is 46.3 Å². The molecule has 0 spiro atoms. The molecule has 5 aliphatic rings. The lowest BCUT2D eigenvalue weighted by molar-refractivity contribution is -0.133. The molecule has 7 rings (SSSR count). The minimum absolute atomic E-state index is 0.000242. The third-order valence-electron chi connectivity index (χ3n) is 18.1. The van der Waals surface area contributed by atoms with E-state index in [1.54, 1.807) is 0 Å². The lowest BCUT2D eigenvalue weighted by Crippen LogP contribution is -2.68. The first-order chi connectivity index (χ1) is 30.5. The summed E-state index contributed by atoms with van der Waals surface area (Å²) in [6, 6.07) is 22.3. The van der Waals surface area contributed by atoms with Crippen LogP contribution in [0.2, 0.25) is 5.04 Å². The first-order valence-corrected chi connectivity index (χ1v) is 27.8. The molecule has 5 fully saturated rings. The molecule has 4 saturated carbocycles. The van der Waals surface area contributed by atoms with Crippen LogP contribution >= 0.6 is 0 Å². The first kappa shape index (κ1) is 49.3. The monoisotopic (exact) mass is 896 g/mol. The highest BCUT2D eigenvalue weighted by Gasteiger charge is 2.61. The molecule has 356 valence electrons. The number of nitrogens with zero attached hydrogens (tertiary/aromatic N) is 3. The predicted octanol–water partition coefficient (Wildman–Crippen LogP) is 8.59. The summed E-state index contributed by atoms with van der Waals surface area (Å²) in [7, 11) is 5.76. The summed E-state index contributed by atoms with van der Waals surface area (Å²) in [5.41, 5.74) is 0.768. The number of hydrogen-bond donors (Lipinski definition) is 2. The van der Waals surface area contributed by atoms with E-state index >= 15 is 0 Å². The summed E-state index contributed by atoms with van der Waals surface area (Å²) in [6.45, 7) is 19.3. The van der Waals surface area contributed by atoms with E-state index in [0.29, 0.717) is 48.2 Å². The van der Waals surface area contributed by atoms with Crippen molar-refractivity contribution in [1.82, 2.24) is 25.3 Å². The van der Waals surface area contributed by atoms with Crippen LogP contribution in [-0.4, -0.2) is 114 Å². The molecule has 2 aromatic rings. The van der Waals surface area contributed by atoms with E-state index < -0.39 is 8.32 Å². The molecule has 64 heavy (non-hydrogen) atoms. The standard InChI is InChI=1S/C55H89N5O3Si/c1-40(23-28-51(61)57-42-38-50(56-39-42)52(62)60(35-17-33-58(7)8)36-18-34-59(9)10)47-26-27-48-46-25-24-41-37-43(29-31-54(41,5)49(46)30-32-55(47,48)6)63-64(53(2,3)4,44-19-13-11-14-20-44)45-21-15-12-16-22-45/h11-16,19-22,40-43,46-50,56H,17-18,23-39H2,1-10H3,(H,57,61)/t40-,41?,42?,43+,46?,47-,48?,49?,50+,54+,55-/m1/s1. The van der Waals surface area contributed by atoms with Crippen molar-refractivity contribution in [3.8, 4) is 0 Å². The molecule has 2 amide bonds. The molecule has 0 aromatic heterocycles. The highest BCUT2D eigenvalue weighted by atomic mass is 28.4. The van der Waals surface area contributed by atoms with Gasteiger partial charge >= 0.3 is 0 Å². The van der Waals surface area contributed by atoms with E-state index in [0.717, 1.165) is 69.1 Å². The zero-order valence-electron chi connectivity index (χ0n) is 42.0. The maximum atomic E-state index is 13.7. The Balaban J connectivity index is 0.920. The van der Waals surface area contributed by atoms with Crippen LogP contribution in [0.25, 0.3) is 0 Å². The van der Waals surface area contributed by atoms with E-state index in [4.69, 9.17) is 4.43 Å². The van der Waals surface area contributed by atoms with E-state index in [9.17, 15) is 9.59 Å². The predicted molar refractivity (Wildman–Crippen MR) is 267 cm³/mol. The normalized spacial score (nSPS) is 32.2. The Morgan fingerprint density at radius 1 is 0.781 bits per heavy atom. The van der Waals surface area contributed by atoms with Gasteiger partial charge in [-0.25, -0.2) is 0 Å². The lowest BCUT2D eigenvalue weighted by atomic mass is 9.44. The average Bonchev–Trinajstić information content (AvgIpc) is 3.88. The summed E-state index contributed by atoms with van der Waals surface area (Å²) >= 11 is 0. The van der Waals surface area contributed by atoms with Crippen molar-refractivity contribution in [3.05, 3.63) is 60.7 Å². The van der Waals surface area contributed by atoms with Gasteiger partial charge in [0.2, 0.25) is 11.8 Å². The zero-order valence-corrected chi connectivity index (χ0v) is 43.0. The number of rotatable bonds is 18. The van der Waals surface area contributed by atoms with Gasteiger partial charge in [0.1, 0.15) is 0 Å². The van der Waals surface area contributed by atoms with Gasteiger partial charge in [0.15, 0.2) is 0 Å². The van der Waals surface area contributed by atoms with Crippen LogP contribution in [0.15, 0.2) is 60.7 Å².